The molecule has 0 amide bonds. The van der Waals surface area contributed by atoms with E-state index in [9.17, 15) is 5.11 Å². The monoisotopic (exact) mass is 258 g/mol. The van der Waals surface area contributed by atoms with E-state index in [2.05, 4.69) is 29.8 Å². The largest absolute Gasteiger partial charge is 0.453 e. The second kappa shape index (κ2) is 2.86. The van der Waals surface area contributed by atoms with E-state index in [0.29, 0.717) is 0 Å². The predicted octanol–water partition coefficient (Wildman–Crippen LogP) is 3.01. The maximum Gasteiger partial charge on any atom is 0.169 e. The Kier molecular flexibility index (Phi) is 2.09. The van der Waals surface area contributed by atoms with Crippen LogP contribution in [0.1, 0.15) is 31.6 Å². The minimum Gasteiger partial charge on any atom is -0.453 e. The molecule has 3 heteroatoms. The summed E-state index contributed by atoms with van der Waals surface area (Å²) in [5.74, 6) is 0.942. The number of furan rings is 1. The van der Waals surface area contributed by atoms with Gasteiger partial charge in [-0.2, -0.15) is 0 Å². The molecular weight excluding hydrogens is 244 g/mol. The molecule has 1 atom stereocenters. The lowest BCUT2D eigenvalue weighted by molar-refractivity contribution is 0.210. The number of aryl methyl sites for hydroxylation is 1. The van der Waals surface area contributed by atoms with Gasteiger partial charge in [0.05, 0.1) is 12.0 Å². The second-order valence-electron chi connectivity index (χ2n) is 4.86. The summed E-state index contributed by atoms with van der Waals surface area (Å²) in [6.07, 6.45) is 0.997. The standard InChI is InChI=1S/C11H15BrO2/c1-7-4-8(12)14-9(7)11(6-13)5-10(11,2)3/h4,13H,5-6H2,1-3H3. The van der Waals surface area contributed by atoms with Crippen molar-refractivity contribution in [2.75, 3.05) is 6.61 Å². The summed E-state index contributed by atoms with van der Waals surface area (Å²) < 4.78 is 6.38. The number of aliphatic hydroxyl groups excluding tert-OH is 1. The van der Waals surface area contributed by atoms with Gasteiger partial charge in [0.2, 0.25) is 0 Å². The van der Waals surface area contributed by atoms with Gasteiger partial charge in [0, 0.05) is 0 Å². The summed E-state index contributed by atoms with van der Waals surface area (Å²) in [4.78, 5) is 0. The molecule has 1 fully saturated rings. The molecule has 1 aliphatic carbocycles. The van der Waals surface area contributed by atoms with E-state index < -0.39 is 0 Å². The maximum absolute atomic E-state index is 9.50. The van der Waals surface area contributed by atoms with Crippen LogP contribution >= 0.6 is 15.9 Å². The smallest absolute Gasteiger partial charge is 0.169 e. The summed E-state index contributed by atoms with van der Waals surface area (Å²) in [6.45, 7) is 6.52. The van der Waals surface area contributed by atoms with Crippen LogP contribution in [-0.4, -0.2) is 11.7 Å². The Hall–Kier alpha value is -0.280. The highest BCUT2D eigenvalue weighted by atomic mass is 79.9. The molecule has 1 aromatic heterocycles. The lowest BCUT2D eigenvalue weighted by Crippen LogP contribution is -2.19. The van der Waals surface area contributed by atoms with E-state index >= 15 is 0 Å². The summed E-state index contributed by atoms with van der Waals surface area (Å²) in [5.41, 5.74) is 1.13. The molecule has 0 spiro atoms. The van der Waals surface area contributed by atoms with E-state index in [0.717, 1.165) is 22.4 Å². The van der Waals surface area contributed by atoms with Gasteiger partial charge >= 0.3 is 0 Å². The van der Waals surface area contributed by atoms with Gasteiger partial charge in [-0.25, -0.2) is 0 Å². The maximum atomic E-state index is 9.50. The van der Waals surface area contributed by atoms with Gasteiger partial charge in [-0.3, -0.25) is 0 Å². The normalized spacial score (nSPS) is 29.2. The van der Waals surface area contributed by atoms with Crippen LogP contribution in [0.25, 0.3) is 0 Å². The molecule has 0 bridgehead atoms. The van der Waals surface area contributed by atoms with Gasteiger partial charge in [-0.15, -0.1) is 0 Å². The zero-order chi connectivity index (χ0) is 10.6. The van der Waals surface area contributed by atoms with Gasteiger partial charge in [-0.1, -0.05) is 13.8 Å². The summed E-state index contributed by atoms with van der Waals surface area (Å²) in [7, 11) is 0. The number of aliphatic hydroxyl groups is 1. The van der Waals surface area contributed by atoms with Crippen LogP contribution in [0.15, 0.2) is 15.2 Å². The molecule has 2 nitrogen and oxygen atoms in total. The van der Waals surface area contributed by atoms with Crippen molar-refractivity contribution >= 4 is 15.9 Å². The molecule has 78 valence electrons. The fourth-order valence-corrected chi connectivity index (χ4v) is 2.86. The molecule has 0 aliphatic heterocycles. The summed E-state index contributed by atoms with van der Waals surface area (Å²) in [5, 5.41) is 9.50. The summed E-state index contributed by atoms with van der Waals surface area (Å²) >= 11 is 3.32. The highest BCUT2D eigenvalue weighted by Gasteiger charge is 2.64. The minimum absolute atomic E-state index is 0.150. The molecule has 1 saturated carbocycles. The van der Waals surface area contributed by atoms with Crippen molar-refractivity contribution in [2.45, 2.75) is 32.6 Å². The van der Waals surface area contributed by atoms with Crippen molar-refractivity contribution in [2.24, 2.45) is 5.41 Å². The van der Waals surface area contributed by atoms with Crippen LogP contribution in [0.2, 0.25) is 0 Å². The molecule has 1 heterocycles. The van der Waals surface area contributed by atoms with Crippen molar-refractivity contribution < 1.29 is 9.52 Å². The fraction of sp³-hybridized carbons (Fsp3) is 0.636. The Morgan fingerprint density at radius 1 is 1.57 bits per heavy atom. The number of halogens is 1. The molecule has 0 radical (unpaired) electrons. The average molecular weight is 259 g/mol. The highest BCUT2D eigenvalue weighted by Crippen LogP contribution is 2.64. The van der Waals surface area contributed by atoms with Crippen LogP contribution in [0.5, 0.6) is 0 Å². The number of rotatable bonds is 2. The van der Waals surface area contributed by atoms with Gasteiger partial charge in [0.25, 0.3) is 0 Å². The zero-order valence-corrected chi connectivity index (χ0v) is 10.3. The van der Waals surface area contributed by atoms with Crippen LogP contribution in [0, 0.1) is 12.3 Å². The van der Waals surface area contributed by atoms with Crippen LogP contribution in [0.3, 0.4) is 0 Å². The first-order valence-corrected chi connectivity index (χ1v) is 5.59. The predicted molar refractivity (Wildman–Crippen MR) is 58.3 cm³/mol. The van der Waals surface area contributed by atoms with Crippen molar-refractivity contribution in [3.8, 4) is 0 Å². The molecule has 14 heavy (non-hydrogen) atoms. The van der Waals surface area contributed by atoms with Crippen LogP contribution in [-0.2, 0) is 5.41 Å². The van der Waals surface area contributed by atoms with Gasteiger partial charge in [0.1, 0.15) is 5.76 Å². The van der Waals surface area contributed by atoms with E-state index in [4.69, 9.17) is 4.42 Å². The van der Waals surface area contributed by atoms with Crippen LogP contribution < -0.4 is 0 Å². The van der Waals surface area contributed by atoms with E-state index in [1.165, 1.54) is 0 Å². The molecule has 1 N–H and O–H groups in total. The van der Waals surface area contributed by atoms with Crippen molar-refractivity contribution in [3.05, 3.63) is 22.1 Å². The van der Waals surface area contributed by atoms with E-state index in [1.807, 2.05) is 13.0 Å². The second-order valence-corrected chi connectivity index (χ2v) is 5.65. The van der Waals surface area contributed by atoms with Crippen molar-refractivity contribution in [1.29, 1.82) is 0 Å². The van der Waals surface area contributed by atoms with Gasteiger partial charge in [0.15, 0.2) is 4.67 Å². The Morgan fingerprint density at radius 3 is 2.43 bits per heavy atom. The highest BCUT2D eigenvalue weighted by molar-refractivity contribution is 9.10. The quantitative estimate of drug-likeness (QED) is 0.885. The van der Waals surface area contributed by atoms with E-state index in [-0.39, 0.29) is 17.4 Å². The van der Waals surface area contributed by atoms with Crippen molar-refractivity contribution in [3.63, 3.8) is 0 Å². The third-order valence-electron chi connectivity index (χ3n) is 3.51. The first-order valence-electron chi connectivity index (χ1n) is 4.80. The first-order chi connectivity index (χ1) is 6.43. The fourth-order valence-electron chi connectivity index (χ4n) is 2.36. The average Bonchev–Trinajstić information content (AvgIpc) is 2.48. The topological polar surface area (TPSA) is 33.4 Å². The van der Waals surface area contributed by atoms with Gasteiger partial charge in [-0.05, 0) is 46.3 Å². The molecule has 1 aromatic rings. The molecule has 2 rings (SSSR count). The third-order valence-corrected chi connectivity index (χ3v) is 3.90. The molecule has 1 aliphatic rings. The van der Waals surface area contributed by atoms with Gasteiger partial charge < -0.3 is 9.52 Å². The third kappa shape index (κ3) is 1.18. The number of hydrogen-bond donors (Lipinski definition) is 1. The molecule has 0 aromatic carbocycles. The lowest BCUT2D eigenvalue weighted by Gasteiger charge is -2.15. The summed E-state index contributed by atoms with van der Waals surface area (Å²) in [6, 6.07) is 1.96. The minimum atomic E-state index is -0.150. The Balaban J connectivity index is 2.45. The molecule has 0 saturated heterocycles. The Labute approximate surface area is 92.4 Å². The van der Waals surface area contributed by atoms with E-state index in [1.54, 1.807) is 0 Å². The number of hydrogen-bond acceptors (Lipinski definition) is 2. The zero-order valence-electron chi connectivity index (χ0n) is 8.72. The SMILES string of the molecule is Cc1cc(Br)oc1C1(CO)CC1(C)C. The molecule has 1 unspecified atom stereocenters. The Morgan fingerprint density at radius 2 is 2.14 bits per heavy atom. The molecular formula is C11H15BrO2. The van der Waals surface area contributed by atoms with Crippen molar-refractivity contribution in [1.82, 2.24) is 0 Å². The Bertz CT molecular complexity index is 367. The lowest BCUT2D eigenvalue weighted by atomic mass is 9.92. The van der Waals surface area contributed by atoms with Crippen LogP contribution in [0.4, 0.5) is 0 Å². The first kappa shape index (κ1) is 10.2.